The van der Waals surface area contributed by atoms with Crippen LogP contribution in [0.25, 0.3) is 0 Å². The van der Waals surface area contributed by atoms with E-state index in [1.165, 1.54) is 19.2 Å². The molecule has 0 unspecified atom stereocenters. The molecule has 8 nitrogen and oxygen atoms in total. The quantitative estimate of drug-likeness (QED) is 0.402. The third-order valence-electron chi connectivity index (χ3n) is 2.96. The SMILES string of the molecule is COc1ccc(Sc2ccc([N+](=O)[O-])cc2C(=O)[P+](O)(O)O)cc1. The summed E-state index contributed by atoms with van der Waals surface area (Å²) in [6.45, 7) is 0. The van der Waals surface area contributed by atoms with Crippen molar-refractivity contribution < 1.29 is 29.1 Å². The molecule has 0 bridgehead atoms. The molecular weight excluding hydrogens is 357 g/mol. The maximum atomic E-state index is 12.0. The van der Waals surface area contributed by atoms with Crippen LogP contribution in [0.1, 0.15) is 10.4 Å². The van der Waals surface area contributed by atoms with Crippen LogP contribution < -0.4 is 4.74 Å². The number of rotatable bonds is 6. The first-order chi connectivity index (χ1) is 11.2. The first-order valence-electron chi connectivity index (χ1n) is 6.45. The van der Waals surface area contributed by atoms with Crippen molar-refractivity contribution in [1.29, 1.82) is 0 Å². The molecule has 126 valence electrons. The fourth-order valence-corrected chi connectivity index (χ4v) is 3.33. The predicted molar refractivity (Wildman–Crippen MR) is 88.1 cm³/mol. The highest BCUT2D eigenvalue weighted by Gasteiger charge is 2.45. The van der Waals surface area contributed by atoms with Crippen molar-refractivity contribution in [3.05, 3.63) is 58.1 Å². The molecule has 24 heavy (non-hydrogen) atoms. The maximum absolute atomic E-state index is 12.0. The van der Waals surface area contributed by atoms with Crippen LogP contribution in [-0.4, -0.2) is 32.2 Å². The summed E-state index contributed by atoms with van der Waals surface area (Å²) in [5.74, 6) is 0.630. The van der Waals surface area contributed by atoms with Gasteiger partial charge in [0.25, 0.3) is 5.69 Å². The molecule has 0 amide bonds. The standard InChI is InChI=1S/C14H13NO7PS/c1-22-10-3-5-11(6-4-10)24-13-7-2-9(15(17)18)8-12(13)14(16)23(19,20)21/h2-8,19-21H,1H3/q+1. The molecule has 10 heteroatoms. The Kier molecular flexibility index (Phi) is 5.53. The average molecular weight is 370 g/mol. The number of nitrogens with zero attached hydrogens (tertiary/aromatic N) is 1. The lowest BCUT2D eigenvalue weighted by molar-refractivity contribution is -0.384. The van der Waals surface area contributed by atoms with E-state index in [9.17, 15) is 29.6 Å². The highest BCUT2D eigenvalue weighted by atomic mass is 32.2. The highest BCUT2D eigenvalue weighted by Crippen LogP contribution is 2.50. The van der Waals surface area contributed by atoms with Gasteiger partial charge >= 0.3 is 13.5 Å². The summed E-state index contributed by atoms with van der Waals surface area (Å²) < 4.78 is 5.04. The summed E-state index contributed by atoms with van der Waals surface area (Å²) in [5, 5.41) is 10.9. The van der Waals surface area contributed by atoms with E-state index in [1.807, 2.05) is 0 Å². The van der Waals surface area contributed by atoms with Crippen molar-refractivity contribution in [3.63, 3.8) is 0 Å². The molecule has 0 aliphatic rings. The van der Waals surface area contributed by atoms with Crippen LogP contribution in [0.15, 0.2) is 52.3 Å². The number of benzene rings is 2. The van der Waals surface area contributed by atoms with E-state index in [0.29, 0.717) is 10.6 Å². The lowest BCUT2D eigenvalue weighted by Crippen LogP contribution is -2.07. The van der Waals surface area contributed by atoms with E-state index in [-0.39, 0.29) is 10.5 Å². The molecular formula is C14H13NO7PS+. The molecule has 0 fully saturated rings. The van der Waals surface area contributed by atoms with E-state index in [0.717, 1.165) is 17.8 Å². The Bertz CT molecular complexity index is 774. The third kappa shape index (κ3) is 4.28. The molecule has 2 aromatic rings. The Morgan fingerprint density at radius 3 is 2.29 bits per heavy atom. The van der Waals surface area contributed by atoms with Gasteiger partial charge in [-0.1, -0.05) is 11.8 Å². The number of nitro groups is 1. The summed E-state index contributed by atoms with van der Waals surface area (Å²) >= 11 is 1.08. The molecule has 2 aromatic carbocycles. The van der Waals surface area contributed by atoms with Crippen LogP contribution in [0.4, 0.5) is 5.69 Å². The van der Waals surface area contributed by atoms with E-state index in [2.05, 4.69) is 0 Å². The van der Waals surface area contributed by atoms with Gasteiger partial charge in [-0.25, -0.2) is 4.79 Å². The summed E-state index contributed by atoms with van der Waals surface area (Å²) in [6.07, 6.45) is 0. The summed E-state index contributed by atoms with van der Waals surface area (Å²) in [7, 11) is -3.30. The van der Waals surface area contributed by atoms with Gasteiger partial charge < -0.3 is 4.74 Å². The maximum Gasteiger partial charge on any atom is 0.483 e. The molecule has 0 aliphatic heterocycles. The Labute approximate surface area is 141 Å². The highest BCUT2D eigenvalue weighted by molar-refractivity contribution is 7.99. The Hall–Kier alpha value is -2.03. The van der Waals surface area contributed by atoms with Gasteiger partial charge in [0, 0.05) is 21.9 Å². The van der Waals surface area contributed by atoms with Gasteiger partial charge in [0.15, 0.2) is 0 Å². The van der Waals surface area contributed by atoms with E-state index < -0.39 is 24.1 Å². The lowest BCUT2D eigenvalue weighted by atomic mass is 10.2. The van der Waals surface area contributed by atoms with Crippen molar-refractivity contribution in [2.45, 2.75) is 9.79 Å². The van der Waals surface area contributed by atoms with E-state index in [4.69, 9.17) is 4.74 Å². The van der Waals surface area contributed by atoms with Crippen LogP contribution in [-0.2, 0) is 0 Å². The first kappa shape index (κ1) is 18.3. The van der Waals surface area contributed by atoms with Crippen molar-refractivity contribution >= 4 is 30.9 Å². The zero-order valence-electron chi connectivity index (χ0n) is 12.3. The second-order valence-electron chi connectivity index (χ2n) is 4.59. The molecule has 0 heterocycles. The number of methoxy groups -OCH3 is 1. The monoisotopic (exact) mass is 370 g/mol. The Morgan fingerprint density at radius 1 is 1.17 bits per heavy atom. The normalized spacial score (nSPS) is 11.2. The van der Waals surface area contributed by atoms with Crippen molar-refractivity contribution in [1.82, 2.24) is 0 Å². The van der Waals surface area contributed by atoms with Gasteiger partial charge in [-0.3, -0.25) is 10.1 Å². The predicted octanol–water partition coefficient (Wildman–Crippen LogP) is 2.63. The molecule has 2 rings (SSSR count). The van der Waals surface area contributed by atoms with Gasteiger partial charge in [-0.15, -0.1) is 0 Å². The minimum absolute atomic E-state index is 0.247. The van der Waals surface area contributed by atoms with Crippen LogP contribution in [0.5, 0.6) is 5.75 Å². The van der Waals surface area contributed by atoms with Crippen molar-refractivity contribution in [2.75, 3.05) is 7.11 Å². The molecule has 0 saturated heterocycles. The molecule has 0 aromatic heterocycles. The summed E-state index contributed by atoms with van der Waals surface area (Å²) in [5.41, 5.74) is -2.07. The van der Waals surface area contributed by atoms with Gasteiger partial charge in [0.2, 0.25) is 0 Å². The number of nitro benzene ring substituents is 1. The fourth-order valence-electron chi connectivity index (χ4n) is 1.82. The zero-order chi connectivity index (χ0) is 17.9. The summed E-state index contributed by atoms with van der Waals surface area (Å²) in [4.78, 5) is 50.7. The fraction of sp³-hybridized carbons (Fsp3) is 0.0714. The van der Waals surface area contributed by atoms with E-state index in [1.54, 1.807) is 24.3 Å². The average Bonchev–Trinajstić information content (AvgIpc) is 2.54. The zero-order valence-corrected chi connectivity index (χ0v) is 14.0. The Morgan fingerprint density at radius 2 is 1.79 bits per heavy atom. The second kappa shape index (κ2) is 7.25. The molecule has 0 aliphatic carbocycles. The molecule has 0 radical (unpaired) electrons. The van der Waals surface area contributed by atoms with Gasteiger partial charge in [-0.2, -0.15) is 14.7 Å². The topological polar surface area (TPSA) is 130 Å². The van der Waals surface area contributed by atoms with Crippen LogP contribution >= 0.6 is 19.7 Å². The van der Waals surface area contributed by atoms with Crippen LogP contribution in [0.2, 0.25) is 0 Å². The van der Waals surface area contributed by atoms with Gasteiger partial charge in [-0.05, 0) is 30.3 Å². The van der Waals surface area contributed by atoms with Crippen molar-refractivity contribution in [2.24, 2.45) is 0 Å². The third-order valence-corrected chi connectivity index (χ3v) is 4.83. The largest absolute Gasteiger partial charge is 0.497 e. The second-order valence-corrected chi connectivity index (χ2v) is 7.25. The van der Waals surface area contributed by atoms with Crippen molar-refractivity contribution in [3.8, 4) is 5.75 Å². The van der Waals surface area contributed by atoms with E-state index >= 15 is 0 Å². The number of carbonyl (C=O) groups excluding carboxylic acids is 1. The molecule has 0 atom stereocenters. The van der Waals surface area contributed by atoms with Crippen LogP contribution in [0, 0.1) is 10.1 Å². The summed E-state index contributed by atoms with van der Waals surface area (Å²) in [6, 6.07) is 10.2. The van der Waals surface area contributed by atoms with Gasteiger partial charge in [0.05, 0.1) is 17.6 Å². The number of ether oxygens (including phenoxy) is 1. The minimum Gasteiger partial charge on any atom is -0.497 e. The minimum atomic E-state index is -4.82. The number of carbonyl (C=O) groups is 1. The molecule has 3 N–H and O–H groups in total. The Balaban J connectivity index is 2.44. The lowest BCUT2D eigenvalue weighted by Gasteiger charge is -2.09. The van der Waals surface area contributed by atoms with Gasteiger partial charge in [0.1, 0.15) is 5.75 Å². The number of hydrogen-bond acceptors (Lipinski definition) is 8. The van der Waals surface area contributed by atoms with Crippen LogP contribution in [0.3, 0.4) is 0 Å². The molecule has 0 spiro atoms. The molecule has 0 saturated carbocycles. The first-order valence-corrected chi connectivity index (χ1v) is 8.91. The number of non-ortho nitro benzene ring substituents is 1. The number of hydrogen-bond donors (Lipinski definition) is 3. The smallest absolute Gasteiger partial charge is 0.483 e.